The Hall–Kier alpha value is -2.55. The first-order valence-electron chi connectivity index (χ1n) is 9.62. The average molecular weight is 421 g/mol. The highest BCUT2D eigenvalue weighted by Crippen LogP contribution is 2.34. The first kappa shape index (κ1) is 22.7. The maximum atomic E-state index is 11.8. The van der Waals surface area contributed by atoms with Crippen molar-refractivity contribution < 1.29 is 14.5 Å². The standard InChI is InChI=1S/C20H28N4O4S/c1-6-16-18(29-15-10-8-14(9-11-15)24(26)27)17(7-2)23(22-16)13-12-21-19(25)28-20(3,4)5/h8-11H,6-7,12-13H2,1-5H3,(H,21,25). The Labute approximate surface area is 175 Å². The molecule has 29 heavy (non-hydrogen) atoms. The summed E-state index contributed by atoms with van der Waals surface area (Å²) in [5.41, 5.74) is 1.59. The molecule has 0 aliphatic rings. The van der Waals surface area contributed by atoms with Gasteiger partial charge in [0.15, 0.2) is 0 Å². The van der Waals surface area contributed by atoms with Gasteiger partial charge in [-0.1, -0.05) is 25.6 Å². The third-order valence-electron chi connectivity index (χ3n) is 4.01. The van der Waals surface area contributed by atoms with Gasteiger partial charge in [0.2, 0.25) is 0 Å². The lowest BCUT2D eigenvalue weighted by molar-refractivity contribution is -0.384. The van der Waals surface area contributed by atoms with Crippen molar-refractivity contribution in [2.75, 3.05) is 6.54 Å². The van der Waals surface area contributed by atoms with Crippen molar-refractivity contribution in [3.63, 3.8) is 0 Å². The van der Waals surface area contributed by atoms with E-state index in [1.807, 2.05) is 32.4 Å². The first-order chi connectivity index (χ1) is 13.6. The van der Waals surface area contributed by atoms with Crippen LogP contribution < -0.4 is 5.32 Å². The third kappa shape index (κ3) is 6.49. The topological polar surface area (TPSA) is 99.3 Å². The zero-order chi connectivity index (χ0) is 21.6. The van der Waals surface area contributed by atoms with Crippen molar-refractivity contribution >= 4 is 23.5 Å². The van der Waals surface area contributed by atoms with Crippen molar-refractivity contribution in [3.05, 3.63) is 45.8 Å². The van der Waals surface area contributed by atoms with Crippen LogP contribution >= 0.6 is 11.8 Å². The van der Waals surface area contributed by atoms with Crippen molar-refractivity contribution in [2.24, 2.45) is 0 Å². The Bertz CT molecular complexity index is 857. The Balaban J connectivity index is 2.12. The molecule has 1 heterocycles. The number of hydrogen-bond acceptors (Lipinski definition) is 6. The van der Waals surface area contributed by atoms with Gasteiger partial charge in [0, 0.05) is 23.6 Å². The second-order valence-corrected chi connectivity index (χ2v) is 8.52. The quantitative estimate of drug-likeness (QED) is 0.495. The SMILES string of the molecule is CCc1nn(CCNC(=O)OC(C)(C)C)c(CC)c1Sc1ccc([N+](=O)[O-])cc1. The van der Waals surface area contributed by atoms with Crippen LogP contribution in [0.1, 0.15) is 46.0 Å². The summed E-state index contributed by atoms with van der Waals surface area (Å²) in [6.07, 6.45) is 1.11. The van der Waals surface area contributed by atoms with E-state index in [1.165, 1.54) is 12.1 Å². The van der Waals surface area contributed by atoms with Gasteiger partial charge >= 0.3 is 6.09 Å². The lowest BCUT2D eigenvalue weighted by Gasteiger charge is -2.19. The molecule has 9 heteroatoms. The summed E-state index contributed by atoms with van der Waals surface area (Å²) in [5, 5.41) is 18.3. The number of nitro groups is 1. The van der Waals surface area contributed by atoms with E-state index in [0.717, 1.165) is 34.0 Å². The van der Waals surface area contributed by atoms with Crippen molar-refractivity contribution in [1.82, 2.24) is 15.1 Å². The number of aryl methyl sites for hydroxylation is 1. The largest absolute Gasteiger partial charge is 0.444 e. The number of alkyl carbamates (subject to hydrolysis) is 1. The maximum absolute atomic E-state index is 11.8. The lowest BCUT2D eigenvalue weighted by Crippen LogP contribution is -2.34. The van der Waals surface area contributed by atoms with Crippen LogP contribution in [0.25, 0.3) is 0 Å². The first-order valence-corrected chi connectivity index (χ1v) is 10.4. The van der Waals surface area contributed by atoms with E-state index in [4.69, 9.17) is 9.84 Å². The molecule has 0 unspecified atom stereocenters. The normalized spacial score (nSPS) is 11.3. The highest BCUT2D eigenvalue weighted by Gasteiger charge is 2.19. The van der Waals surface area contributed by atoms with E-state index in [9.17, 15) is 14.9 Å². The van der Waals surface area contributed by atoms with E-state index in [1.54, 1.807) is 23.9 Å². The summed E-state index contributed by atoms with van der Waals surface area (Å²) in [5.74, 6) is 0. The van der Waals surface area contributed by atoms with Gasteiger partial charge in [0.1, 0.15) is 5.60 Å². The fourth-order valence-corrected chi connectivity index (χ4v) is 3.92. The minimum Gasteiger partial charge on any atom is -0.444 e. The van der Waals surface area contributed by atoms with Crippen LogP contribution in [-0.4, -0.2) is 32.9 Å². The molecule has 0 aliphatic heterocycles. The number of aromatic nitrogens is 2. The zero-order valence-electron chi connectivity index (χ0n) is 17.5. The van der Waals surface area contributed by atoms with Crippen molar-refractivity contribution in [1.29, 1.82) is 0 Å². The van der Waals surface area contributed by atoms with Gasteiger partial charge in [0.05, 0.1) is 27.8 Å². The van der Waals surface area contributed by atoms with E-state index >= 15 is 0 Å². The fourth-order valence-electron chi connectivity index (χ4n) is 2.74. The Morgan fingerprint density at radius 2 is 1.90 bits per heavy atom. The van der Waals surface area contributed by atoms with Gasteiger partial charge in [-0.2, -0.15) is 5.10 Å². The fraction of sp³-hybridized carbons (Fsp3) is 0.500. The number of nitro benzene ring substituents is 1. The van der Waals surface area contributed by atoms with Crippen LogP contribution in [0.2, 0.25) is 0 Å². The van der Waals surface area contributed by atoms with Crippen molar-refractivity contribution in [2.45, 2.75) is 69.4 Å². The highest BCUT2D eigenvalue weighted by atomic mass is 32.2. The molecule has 0 saturated heterocycles. The Morgan fingerprint density at radius 1 is 1.24 bits per heavy atom. The van der Waals surface area contributed by atoms with E-state index in [2.05, 4.69) is 12.2 Å². The molecule has 0 spiro atoms. The lowest BCUT2D eigenvalue weighted by atomic mass is 10.2. The van der Waals surface area contributed by atoms with E-state index < -0.39 is 16.6 Å². The van der Waals surface area contributed by atoms with Gasteiger partial charge in [-0.15, -0.1) is 0 Å². The molecule has 0 saturated carbocycles. The van der Waals surface area contributed by atoms with Gasteiger partial charge in [-0.3, -0.25) is 14.8 Å². The summed E-state index contributed by atoms with van der Waals surface area (Å²) in [6, 6.07) is 6.52. The predicted molar refractivity (Wildman–Crippen MR) is 112 cm³/mol. The molecule has 0 aliphatic carbocycles. The maximum Gasteiger partial charge on any atom is 0.407 e. The molecule has 1 aromatic heterocycles. The molecule has 0 fully saturated rings. The van der Waals surface area contributed by atoms with Crippen LogP contribution in [0.15, 0.2) is 34.1 Å². The molecule has 2 aromatic rings. The van der Waals surface area contributed by atoms with Crippen LogP contribution in [0.4, 0.5) is 10.5 Å². The molecule has 0 radical (unpaired) electrons. The molecule has 0 bridgehead atoms. The van der Waals surface area contributed by atoms with Gasteiger partial charge < -0.3 is 10.1 Å². The summed E-state index contributed by atoms with van der Waals surface area (Å²) in [6.45, 7) is 10.5. The second kappa shape index (κ2) is 9.78. The number of carbonyl (C=O) groups is 1. The number of amides is 1. The van der Waals surface area contributed by atoms with Crippen LogP contribution in [-0.2, 0) is 24.1 Å². The third-order valence-corrected chi connectivity index (χ3v) is 5.19. The minimum absolute atomic E-state index is 0.0738. The van der Waals surface area contributed by atoms with Gasteiger partial charge in [-0.25, -0.2) is 4.79 Å². The summed E-state index contributed by atoms with van der Waals surface area (Å²) >= 11 is 1.56. The summed E-state index contributed by atoms with van der Waals surface area (Å²) in [4.78, 5) is 24.3. The van der Waals surface area contributed by atoms with Crippen LogP contribution in [0, 0.1) is 10.1 Å². The molecule has 1 aromatic carbocycles. The number of carbonyl (C=O) groups excluding carboxylic acids is 1. The number of non-ortho nitro benzene ring substituents is 1. The monoisotopic (exact) mass is 420 g/mol. The highest BCUT2D eigenvalue weighted by molar-refractivity contribution is 7.99. The van der Waals surface area contributed by atoms with Gasteiger partial charge in [0.25, 0.3) is 5.69 Å². The number of rotatable bonds is 8. The molecular formula is C20H28N4O4S. The second-order valence-electron chi connectivity index (χ2n) is 7.43. The molecule has 0 atom stereocenters. The van der Waals surface area contributed by atoms with Crippen LogP contribution in [0.5, 0.6) is 0 Å². The molecule has 2 rings (SSSR count). The predicted octanol–water partition coefficient (Wildman–Crippen LogP) is 4.59. The summed E-state index contributed by atoms with van der Waals surface area (Å²) < 4.78 is 7.18. The van der Waals surface area contributed by atoms with Gasteiger partial charge in [-0.05, 0) is 45.7 Å². The molecule has 1 N–H and O–H groups in total. The minimum atomic E-state index is -0.533. The van der Waals surface area contributed by atoms with Crippen LogP contribution in [0.3, 0.4) is 0 Å². The molecule has 158 valence electrons. The van der Waals surface area contributed by atoms with E-state index in [-0.39, 0.29) is 5.69 Å². The number of benzene rings is 1. The number of nitrogens with zero attached hydrogens (tertiary/aromatic N) is 3. The van der Waals surface area contributed by atoms with Crippen molar-refractivity contribution in [3.8, 4) is 0 Å². The molecule has 1 amide bonds. The molecular weight excluding hydrogens is 392 g/mol. The number of ether oxygens (including phenoxy) is 1. The van der Waals surface area contributed by atoms with E-state index in [0.29, 0.717) is 13.1 Å². The Kier molecular flexibility index (Phi) is 7.66. The molecule has 8 nitrogen and oxygen atoms in total. The average Bonchev–Trinajstić information content (AvgIpc) is 2.97. The number of hydrogen-bond donors (Lipinski definition) is 1. The smallest absolute Gasteiger partial charge is 0.407 e. The Morgan fingerprint density at radius 3 is 2.41 bits per heavy atom. The zero-order valence-corrected chi connectivity index (χ0v) is 18.3. The summed E-state index contributed by atoms with van der Waals surface area (Å²) in [7, 11) is 0. The number of nitrogens with one attached hydrogen (secondary N) is 1.